The zero-order valence-electron chi connectivity index (χ0n) is 11.8. The van der Waals surface area contributed by atoms with E-state index < -0.39 is 11.4 Å². The van der Waals surface area contributed by atoms with Crippen LogP contribution in [0.25, 0.3) is 0 Å². The molecule has 1 aromatic carbocycles. The molecule has 0 N–H and O–H groups in total. The number of carbonyl (C=O) groups is 2. The van der Waals surface area contributed by atoms with E-state index in [-0.39, 0.29) is 5.78 Å². The first-order chi connectivity index (χ1) is 9.56. The van der Waals surface area contributed by atoms with E-state index in [9.17, 15) is 9.59 Å². The van der Waals surface area contributed by atoms with Crippen LogP contribution < -0.4 is 4.74 Å². The Bertz CT molecular complexity index is 561. The van der Waals surface area contributed by atoms with Crippen LogP contribution in [-0.4, -0.2) is 26.0 Å². The lowest BCUT2D eigenvalue weighted by atomic mass is 9.76. The maximum Gasteiger partial charge on any atom is 0.323 e. The van der Waals surface area contributed by atoms with E-state index in [4.69, 9.17) is 9.47 Å². The molecule has 0 bridgehead atoms. The first kappa shape index (κ1) is 14.3. The molecule has 4 heteroatoms. The van der Waals surface area contributed by atoms with Crippen LogP contribution in [-0.2, 0) is 9.53 Å². The molecule has 1 atom stereocenters. The van der Waals surface area contributed by atoms with Crippen molar-refractivity contribution in [2.75, 3.05) is 14.2 Å². The van der Waals surface area contributed by atoms with Crippen LogP contribution in [0.15, 0.2) is 36.4 Å². The predicted molar refractivity (Wildman–Crippen MR) is 74.8 cm³/mol. The van der Waals surface area contributed by atoms with Crippen molar-refractivity contribution in [1.82, 2.24) is 0 Å². The largest absolute Gasteiger partial charge is 0.497 e. The van der Waals surface area contributed by atoms with Crippen LogP contribution >= 0.6 is 0 Å². The summed E-state index contributed by atoms with van der Waals surface area (Å²) in [6.45, 7) is 3.91. The molecule has 1 fully saturated rings. The number of ketones is 1. The van der Waals surface area contributed by atoms with E-state index in [0.29, 0.717) is 29.7 Å². The topological polar surface area (TPSA) is 52.6 Å². The van der Waals surface area contributed by atoms with Gasteiger partial charge in [0, 0.05) is 5.56 Å². The van der Waals surface area contributed by atoms with Gasteiger partial charge in [-0.2, -0.15) is 0 Å². The van der Waals surface area contributed by atoms with E-state index >= 15 is 0 Å². The first-order valence-corrected chi connectivity index (χ1v) is 6.52. The molecule has 1 aromatic rings. The van der Waals surface area contributed by atoms with Crippen molar-refractivity contribution >= 4 is 11.8 Å². The maximum atomic E-state index is 12.8. The molecule has 0 radical (unpaired) electrons. The highest BCUT2D eigenvalue weighted by molar-refractivity contribution is 6.15. The van der Waals surface area contributed by atoms with Gasteiger partial charge in [-0.15, -0.1) is 0 Å². The second kappa shape index (κ2) is 5.49. The zero-order chi connectivity index (χ0) is 14.8. The summed E-state index contributed by atoms with van der Waals surface area (Å²) in [7, 11) is 2.84. The maximum absolute atomic E-state index is 12.8. The van der Waals surface area contributed by atoms with E-state index in [2.05, 4.69) is 6.58 Å². The Morgan fingerprint density at radius 3 is 2.60 bits per heavy atom. The molecule has 2 rings (SSSR count). The second-order valence-electron chi connectivity index (χ2n) is 4.92. The van der Waals surface area contributed by atoms with Crippen LogP contribution in [0.2, 0.25) is 0 Å². The normalized spacial score (nSPS) is 21.6. The number of carbonyl (C=O) groups excluding carboxylic acids is 2. The third-order valence-corrected chi connectivity index (χ3v) is 3.89. The zero-order valence-corrected chi connectivity index (χ0v) is 11.8. The van der Waals surface area contributed by atoms with Crippen molar-refractivity contribution in [3.05, 3.63) is 42.0 Å². The van der Waals surface area contributed by atoms with Crippen molar-refractivity contribution in [3.8, 4) is 5.75 Å². The Morgan fingerprint density at radius 2 is 2.05 bits per heavy atom. The van der Waals surface area contributed by atoms with Gasteiger partial charge in [-0.25, -0.2) is 0 Å². The van der Waals surface area contributed by atoms with Crippen molar-refractivity contribution in [3.63, 3.8) is 0 Å². The summed E-state index contributed by atoms with van der Waals surface area (Å²) in [4.78, 5) is 25.0. The first-order valence-electron chi connectivity index (χ1n) is 6.52. The number of benzene rings is 1. The molecule has 4 nitrogen and oxygen atoms in total. The SMILES string of the molecule is C=C1CCC[C@]1(C(=O)OC)C(=O)c1cccc(OC)c1. The standard InChI is InChI=1S/C16H18O4/c1-11-6-5-9-16(11,15(18)20-3)14(17)12-7-4-8-13(10-12)19-2/h4,7-8,10H,1,5-6,9H2,2-3H3/t16-/m1/s1. The third-order valence-electron chi connectivity index (χ3n) is 3.89. The van der Waals surface area contributed by atoms with E-state index in [1.807, 2.05) is 0 Å². The molecule has 0 spiro atoms. The molecule has 0 aliphatic heterocycles. The molecule has 1 saturated carbocycles. The Morgan fingerprint density at radius 1 is 1.30 bits per heavy atom. The molecule has 1 aliphatic rings. The van der Waals surface area contributed by atoms with Crippen LogP contribution in [0.3, 0.4) is 0 Å². The number of hydrogen-bond acceptors (Lipinski definition) is 4. The van der Waals surface area contributed by atoms with E-state index in [0.717, 1.165) is 6.42 Å². The average molecular weight is 274 g/mol. The van der Waals surface area contributed by atoms with E-state index in [1.165, 1.54) is 14.2 Å². The molecule has 0 amide bonds. The Labute approximate surface area is 118 Å². The highest BCUT2D eigenvalue weighted by Crippen LogP contribution is 2.45. The predicted octanol–water partition coefficient (Wildman–Crippen LogP) is 2.78. The Hall–Kier alpha value is -2.10. The lowest BCUT2D eigenvalue weighted by molar-refractivity contribution is -0.147. The quantitative estimate of drug-likeness (QED) is 0.366. The summed E-state index contributed by atoms with van der Waals surface area (Å²) in [6.07, 6.45) is 1.89. The van der Waals surface area contributed by atoms with Gasteiger partial charge in [0.2, 0.25) is 0 Å². The fourth-order valence-corrected chi connectivity index (χ4v) is 2.76. The Balaban J connectivity index is 2.46. The molecule has 0 heterocycles. The summed E-state index contributed by atoms with van der Waals surface area (Å²) in [6, 6.07) is 6.81. The molecule has 0 aromatic heterocycles. The summed E-state index contributed by atoms with van der Waals surface area (Å²) in [5, 5.41) is 0. The van der Waals surface area contributed by atoms with Gasteiger partial charge in [0.1, 0.15) is 5.75 Å². The fourth-order valence-electron chi connectivity index (χ4n) is 2.76. The average Bonchev–Trinajstić information content (AvgIpc) is 2.88. The van der Waals surface area contributed by atoms with Gasteiger partial charge in [-0.3, -0.25) is 9.59 Å². The minimum absolute atomic E-state index is 0.259. The van der Waals surface area contributed by atoms with Gasteiger partial charge in [-0.1, -0.05) is 24.3 Å². The van der Waals surface area contributed by atoms with Gasteiger partial charge >= 0.3 is 5.97 Å². The fraction of sp³-hybridized carbons (Fsp3) is 0.375. The van der Waals surface area contributed by atoms with Gasteiger partial charge in [0.05, 0.1) is 14.2 Å². The number of hydrogen-bond donors (Lipinski definition) is 0. The smallest absolute Gasteiger partial charge is 0.323 e. The summed E-state index contributed by atoms with van der Waals surface area (Å²) >= 11 is 0. The van der Waals surface area contributed by atoms with Gasteiger partial charge in [0.15, 0.2) is 11.2 Å². The van der Waals surface area contributed by atoms with Gasteiger partial charge in [0.25, 0.3) is 0 Å². The van der Waals surface area contributed by atoms with Gasteiger partial charge < -0.3 is 9.47 Å². The van der Waals surface area contributed by atoms with Gasteiger partial charge in [-0.05, 0) is 31.4 Å². The second-order valence-corrected chi connectivity index (χ2v) is 4.92. The molecule has 0 unspecified atom stereocenters. The molecular weight excluding hydrogens is 256 g/mol. The summed E-state index contributed by atoms with van der Waals surface area (Å²) in [5.41, 5.74) is -0.156. The lowest BCUT2D eigenvalue weighted by Gasteiger charge is -2.26. The highest BCUT2D eigenvalue weighted by Gasteiger charge is 2.51. The number of Topliss-reactive ketones (excluding diaryl/α,β-unsaturated/α-hetero) is 1. The number of rotatable bonds is 4. The van der Waals surface area contributed by atoms with Crippen LogP contribution in [0.5, 0.6) is 5.75 Å². The van der Waals surface area contributed by atoms with Crippen molar-refractivity contribution in [2.24, 2.45) is 5.41 Å². The van der Waals surface area contributed by atoms with Crippen LogP contribution in [0.4, 0.5) is 0 Å². The minimum Gasteiger partial charge on any atom is -0.497 e. The summed E-state index contributed by atoms with van der Waals surface area (Å²) in [5.74, 6) is -0.196. The number of esters is 1. The van der Waals surface area contributed by atoms with Crippen molar-refractivity contribution in [2.45, 2.75) is 19.3 Å². The molecule has 1 aliphatic carbocycles. The summed E-state index contributed by atoms with van der Waals surface area (Å²) < 4.78 is 9.98. The minimum atomic E-state index is -1.24. The van der Waals surface area contributed by atoms with Crippen molar-refractivity contribution in [1.29, 1.82) is 0 Å². The molecule has 106 valence electrons. The molecule has 20 heavy (non-hydrogen) atoms. The van der Waals surface area contributed by atoms with Crippen LogP contribution in [0, 0.1) is 5.41 Å². The molecular formula is C16H18O4. The molecule has 0 saturated heterocycles. The third kappa shape index (κ3) is 2.11. The van der Waals surface area contributed by atoms with Crippen molar-refractivity contribution < 1.29 is 19.1 Å². The van der Waals surface area contributed by atoms with Crippen LogP contribution in [0.1, 0.15) is 29.6 Å². The lowest BCUT2D eigenvalue weighted by Crippen LogP contribution is -2.39. The van der Waals surface area contributed by atoms with E-state index in [1.54, 1.807) is 24.3 Å². The highest BCUT2D eigenvalue weighted by atomic mass is 16.5. The number of methoxy groups -OCH3 is 2. The Kier molecular flexibility index (Phi) is 3.93. The number of ether oxygens (including phenoxy) is 2. The monoisotopic (exact) mass is 274 g/mol.